The number of piperidine rings is 1. The molecule has 2 saturated heterocycles. The van der Waals surface area contributed by atoms with E-state index in [0.717, 1.165) is 25.9 Å². The summed E-state index contributed by atoms with van der Waals surface area (Å²) in [4.78, 5) is 29.9. The van der Waals surface area contributed by atoms with Crippen LogP contribution in [0, 0.1) is 11.8 Å². The van der Waals surface area contributed by atoms with Crippen LogP contribution in [-0.4, -0.2) is 123 Å². The second-order valence-corrected chi connectivity index (χ2v) is 14.7. The number of carbonyl (C=O) groups excluding carboxylic acids is 2. The maximum absolute atomic E-state index is 13.3. The molecule has 0 bridgehead atoms. The molecule has 10 atom stereocenters. The fourth-order valence-electron chi connectivity index (χ4n) is 6.53. The Morgan fingerprint density at radius 1 is 1.28 bits per heavy atom. The summed E-state index contributed by atoms with van der Waals surface area (Å²) >= 11 is 0. The number of amides is 1. The lowest BCUT2D eigenvalue weighted by Crippen LogP contribution is -2.48. The van der Waals surface area contributed by atoms with Crippen LogP contribution in [0.1, 0.15) is 86.5 Å². The summed E-state index contributed by atoms with van der Waals surface area (Å²) in [5.74, 6) is -0.950. The normalized spacial score (nSPS) is 34.5. The third kappa shape index (κ3) is 11.7. The van der Waals surface area contributed by atoms with E-state index < -0.39 is 47.7 Å². The lowest BCUT2D eigenvalue weighted by atomic mass is 9.88. The Morgan fingerprint density at radius 3 is 2.57 bits per heavy atom. The number of esters is 1. The molecule has 3 aliphatic rings. The number of allylic oxidation sites excluding steroid dienone is 2. The number of cyclic esters (lactones) is 1. The molecule has 3 rings (SSSR count). The molecule has 3 aliphatic heterocycles. The monoisotopic (exact) mass is 664 g/mol. The molecule has 268 valence electrons. The van der Waals surface area contributed by atoms with E-state index in [1.165, 1.54) is 0 Å². The van der Waals surface area contributed by atoms with Crippen molar-refractivity contribution in [3.05, 3.63) is 36.0 Å². The van der Waals surface area contributed by atoms with Gasteiger partial charge in [0.2, 0.25) is 0 Å². The Hall–Kier alpha value is -2.28. The fraction of sp³-hybridized carbons (Fsp3) is 0.778. The van der Waals surface area contributed by atoms with Crippen molar-refractivity contribution in [2.24, 2.45) is 11.8 Å². The first-order valence-corrected chi connectivity index (χ1v) is 17.3. The van der Waals surface area contributed by atoms with Gasteiger partial charge in [0.05, 0.1) is 36.4 Å². The van der Waals surface area contributed by atoms with E-state index in [-0.39, 0.29) is 49.3 Å². The first-order valence-electron chi connectivity index (χ1n) is 17.3. The van der Waals surface area contributed by atoms with Crippen LogP contribution in [-0.2, 0) is 19.0 Å². The Balaban J connectivity index is 1.75. The molecule has 0 spiro atoms. The van der Waals surface area contributed by atoms with Gasteiger partial charge in [0.25, 0.3) is 0 Å². The molecule has 0 aromatic heterocycles. The van der Waals surface area contributed by atoms with Gasteiger partial charge in [0.15, 0.2) is 6.10 Å². The molecule has 1 amide bonds. The minimum atomic E-state index is -1.49. The molecule has 0 aliphatic carbocycles. The van der Waals surface area contributed by atoms with Gasteiger partial charge in [-0.05, 0) is 84.7 Å². The number of carbonyl (C=O) groups is 2. The standard InChI is InChI=1S/C36H60N2O9/c1-9-28(40)25(4)33-29(45-33)22-35(5,43)17-10-11-23(2)32-24(3)12-13-30(36(6,44)18-14-27(39)21-31(41)47-32)46-34(42)38(8)26-15-19-37(7)20-16-26/h10-13,17,24-30,32-33,39-40,43-44H,9,14-16,18-22H2,1-8H3. The molecule has 4 N–H and O–H groups in total. The second kappa shape index (κ2) is 16.9. The number of aliphatic hydroxyl groups is 4. The molecule has 47 heavy (non-hydrogen) atoms. The van der Waals surface area contributed by atoms with Crippen molar-refractivity contribution in [1.82, 2.24) is 9.80 Å². The summed E-state index contributed by atoms with van der Waals surface area (Å²) in [7, 11) is 3.78. The number of hydrogen-bond acceptors (Lipinski definition) is 10. The van der Waals surface area contributed by atoms with Gasteiger partial charge in [0.1, 0.15) is 11.7 Å². The predicted octanol–water partition coefficient (Wildman–Crippen LogP) is 3.74. The fourth-order valence-corrected chi connectivity index (χ4v) is 6.53. The van der Waals surface area contributed by atoms with Gasteiger partial charge in [-0.2, -0.15) is 0 Å². The van der Waals surface area contributed by atoms with E-state index in [0.29, 0.717) is 18.4 Å². The van der Waals surface area contributed by atoms with Crippen LogP contribution >= 0.6 is 0 Å². The lowest BCUT2D eigenvalue weighted by Gasteiger charge is -2.37. The van der Waals surface area contributed by atoms with Crippen molar-refractivity contribution in [2.45, 2.75) is 140 Å². The summed E-state index contributed by atoms with van der Waals surface area (Å²) in [6, 6.07) is 0.0424. The maximum Gasteiger partial charge on any atom is 0.410 e. The average molecular weight is 665 g/mol. The number of epoxide rings is 1. The molecule has 0 aromatic carbocycles. The van der Waals surface area contributed by atoms with Crippen molar-refractivity contribution >= 4 is 12.1 Å². The minimum absolute atomic E-state index is 0.0114. The summed E-state index contributed by atoms with van der Waals surface area (Å²) in [6.45, 7) is 12.6. The van der Waals surface area contributed by atoms with Crippen molar-refractivity contribution in [2.75, 3.05) is 27.2 Å². The van der Waals surface area contributed by atoms with Gasteiger partial charge in [-0.3, -0.25) is 4.79 Å². The van der Waals surface area contributed by atoms with E-state index in [4.69, 9.17) is 14.2 Å². The third-order valence-corrected chi connectivity index (χ3v) is 10.1. The van der Waals surface area contributed by atoms with Gasteiger partial charge in [-0.25, -0.2) is 4.79 Å². The Morgan fingerprint density at radius 2 is 1.94 bits per heavy atom. The minimum Gasteiger partial charge on any atom is -0.457 e. The SMILES string of the molecule is CCC(O)C(C)C1OC1CC(C)(O)C=CC=C(C)C1OC(=O)CC(O)CCC(C)(O)C(OC(=O)N(C)C2CCN(C)CC2)C=CC1C. The average Bonchev–Trinajstić information content (AvgIpc) is 3.77. The highest BCUT2D eigenvalue weighted by atomic mass is 16.6. The molecule has 0 saturated carbocycles. The van der Waals surface area contributed by atoms with Crippen LogP contribution in [0.2, 0.25) is 0 Å². The molecule has 0 radical (unpaired) electrons. The summed E-state index contributed by atoms with van der Waals surface area (Å²) in [6.07, 6.45) is 7.34. The maximum atomic E-state index is 13.3. The zero-order valence-corrected chi connectivity index (χ0v) is 29.7. The number of ether oxygens (including phenoxy) is 3. The zero-order valence-electron chi connectivity index (χ0n) is 29.7. The number of aliphatic hydroxyl groups excluding tert-OH is 2. The highest BCUT2D eigenvalue weighted by Gasteiger charge is 2.47. The highest BCUT2D eigenvalue weighted by Crippen LogP contribution is 2.37. The Bertz CT molecular complexity index is 1130. The lowest BCUT2D eigenvalue weighted by molar-refractivity contribution is -0.151. The van der Waals surface area contributed by atoms with Crippen molar-refractivity contribution in [3.8, 4) is 0 Å². The molecule has 11 nitrogen and oxygen atoms in total. The molecule has 0 aromatic rings. The third-order valence-electron chi connectivity index (χ3n) is 10.1. The topological polar surface area (TPSA) is 153 Å². The number of hydrogen-bond donors (Lipinski definition) is 4. The van der Waals surface area contributed by atoms with E-state index >= 15 is 0 Å². The molecular weight excluding hydrogens is 604 g/mol. The summed E-state index contributed by atoms with van der Waals surface area (Å²) in [5.41, 5.74) is -1.94. The quantitative estimate of drug-likeness (QED) is 0.118. The van der Waals surface area contributed by atoms with E-state index in [9.17, 15) is 30.0 Å². The summed E-state index contributed by atoms with van der Waals surface area (Å²) < 4.78 is 17.5. The van der Waals surface area contributed by atoms with Crippen molar-refractivity contribution in [1.29, 1.82) is 0 Å². The first kappa shape index (κ1) is 39.2. The van der Waals surface area contributed by atoms with Gasteiger partial charge in [-0.1, -0.05) is 45.1 Å². The largest absolute Gasteiger partial charge is 0.457 e. The zero-order chi connectivity index (χ0) is 35.1. The number of nitrogens with zero attached hydrogens (tertiary/aromatic N) is 2. The van der Waals surface area contributed by atoms with Gasteiger partial charge in [0, 0.05) is 31.3 Å². The van der Waals surface area contributed by atoms with E-state index in [1.54, 1.807) is 56.2 Å². The second-order valence-electron chi connectivity index (χ2n) is 14.7. The van der Waals surface area contributed by atoms with Crippen LogP contribution in [0.3, 0.4) is 0 Å². The summed E-state index contributed by atoms with van der Waals surface area (Å²) in [5, 5.41) is 43.2. The Kier molecular flexibility index (Phi) is 14.1. The first-order chi connectivity index (χ1) is 21.9. The molecule has 2 fully saturated rings. The van der Waals surface area contributed by atoms with Gasteiger partial charge >= 0.3 is 12.1 Å². The number of rotatable bonds is 10. The molecule has 3 heterocycles. The Labute approximate surface area is 281 Å². The van der Waals surface area contributed by atoms with Crippen molar-refractivity contribution < 1.29 is 44.2 Å². The predicted molar refractivity (Wildman–Crippen MR) is 179 cm³/mol. The van der Waals surface area contributed by atoms with Crippen molar-refractivity contribution in [3.63, 3.8) is 0 Å². The van der Waals surface area contributed by atoms with Gasteiger partial charge in [-0.15, -0.1) is 0 Å². The molecule has 11 heteroatoms. The smallest absolute Gasteiger partial charge is 0.410 e. The van der Waals surface area contributed by atoms with Crippen LogP contribution < -0.4 is 0 Å². The molecule has 10 unspecified atom stereocenters. The van der Waals surface area contributed by atoms with Crippen LogP contribution in [0.5, 0.6) is 0 Å². The van der Waals surface area contributed by atoms with E-state index in [2.05, 4.69) is 11.9 Å². The van der Waals surface area contributed by atoms with Crippen LogP contribution in [0.25, 0.3) is 0 Å². The van der Waals surface area contributed by atoms with Crippen LogP contribution in [0.15, 0.2) is 36.0 Å². The van der Waals surface area contributed by atoms with E-state index in [1.807, 2.05) is 27.7 Å². The van der Waals surface area contributed by atoms with Crippen LogP contribution in [0.4, 0.5) is 4.79 Å². The number of likely N-dealkylation sites (tertiary alicyclic amines) is 1. The molecular formula is C36H60N2O9. The van der Waals surface area contributed by atoms with Gasteiger partial charge < -0.3 is 44.4 Å². The highest BCUT2D eigenvalue weighted by molar-refractivity contribution is 5.70.